The normalized spacial score (nSPS) is 10.8. The summed E-state index contributed by atoms with van der Waals surface area (Å²) in [5.41, 5.74) is 5.44. The number of carboxylic acid groups (broad SMARTS) is 1. The third-order valence-corrected chi connectivity index (χ3v) is 2.85. The molecule has 3 N–H and O–H groups in total. The maximum atomic E-state index is 13.4. The largest absolute Gasteiger partial charge is 0.477 e. The fourth-order valence-electron chi connectivity index (χ4n) is 1.89. The molecule has 0 aliphatic heterocycles. The van der Waals surface area contributed by atoms with Crippen molar-refractivity contribution in [2.75, 3.05) is 5.73 Å². The second-order valence-electron chi connectivity index (χ2n) is 4.28. The number of nitrogen functional groups attached to an aromatic ring is 1. The molecule has 0 aliphatic carbocycles. The van der Waals surface area contributed by atoms with Crippen molar-refractivity contribution < 1.29 is 19.0 Å². The van der Waals surface area contributed by atoms with Crippen molar-refractivity contribution in [1.29, 1.82) is 0 Å². The van der Waals surface area contributed by atoms with Crippen LogP contribution in [-0.4, -0.2) is 11.1 Å². The van der Waals surface area contributed by atoms with Crippen molar-refractivity contribution in [3.05, 3.63) is 59.4 Å². The third kappa shape index (κ3) is 3.02. The second kappa shape index (κ2) is 6.09. The van der Waals surface area contributed by atoms with Gasteiger partial charge in [0.15, 0.2) is 0 Å². The van der Waals surface area contributed by atoms with Crippen molar-refractivity contribution >= 4 is 17.7 Å². The van der Waals surface area contributed by atoms with Gasteiger partial charge < -0.3 is 15.6 Å². The number of benzene rings is 2. The van der Waals surface area contributed by atoms with Crippen LogP contribution in [0.2, 0.25) is 0 Å². The predicted octanol–water partition coefficient (Wildman–Crippen LogP) is 3.93. The smallest absolute Gasteiger partial charge is 0.341 e. The summed E-state index contributed by atoms with van der Waals surface area (Å²) in [5.74, 6) is -1.67. The summed E-state index contributed by atoms with van der Waals surface area (Å²) >= 11 is 0. The highest BCUT2D eigenvalue weighted by Gasteiger charge is 2.19. The lowest BCUT2D eigenvalue weighted by Crippen LogP contribution is -2.07. The predicted molar refractivity (Wildman–Crippen MR) is 79.0 cm³/mol. The molecule has 2 aromatic rings. The van der Waals surface area contributed by atoms with Crippen molar-refractivity contribution in [1.82, 2.24) is 0 Å². The van der Waals surface area contributed by atoms with E-state index in [0.29, 0.717) is 5.75 Å². The Kier molecular flexibility index (Phi) is 4.23. The van der Waals surface area contributed by atoms with Crippen LogP contribution in [0.4, 0.5) is 10.1 Å². The molecule has 0 radical (unpaired) electrons. The van der Waals surface area contributed by atoms with E-state index in [1.807, 2.05) is 31.2 Å². The van der Waals surface area contributed by atoms with Crippen LogP contribution in [0.5, 0.6) is 11.5 Å². The number of hydrogen-bond donors (Lipinski definition) is 2. The van der Waals surface area contributed by atoms with Gasteiger partial charge in [-0.1, -0.05) is 30.4 Å². The van der Waals surface area contributed by atoms with Gasteiger partial charge in [-0.15, -0.1) is 0 Å². The maximum absolute atomic E-state index is 13.4. The lowest BCUT2D eigenvalue weighted by atomic mass is 10.1. The average molecular weight is 287 g/mol. The van der Waals surface area contributed by atoms with E-state index in [2.05, 4.69) is 0 Å². The minimum absolute atomic E-state index is 0.00152. The summed E-state index contributed by atoms with van der Waals surface area (Å²) in [4.78, 5) is 11.3. The van der Waals surface area contributed by atoms with Gasteiger partial charge in [-0.05, 0) is 25.1 Å². The molecule has 108 valence electrons. The van der Waals surface area contributed by atoms with Crippen molar-refractivity contribution in [2.24, 2.45) is 0 Å². The van der Waals surface area contributed by atoms with Gasteiger partial charge in [0.1, 0.15) is 22.9 Å². The van der Waals surface area contributed by atoms with E-state index < -0.39 is 17.5 Å². The topological polar surface area (TPSA) is 72.5 Å². The molecule has 0 aliphatic rings. The molecule has 2 aromatic carbocycles. The summed E-state index contributed by atoms with van der Waals surface area (Å²) in [5, 5.41) is 9.18. The van der Waals surface area contributed by atoms with Gasteiger partial charge in [0.05, 0.1) is 5.69 Å². The van der Waals surface area contributed by atoms with E-state index in [1.165, 1.54) is 6.07 Å². The van der Waals surface area contributed by atoms with E-state index in [4.69, 9.17) is 10.5 Å². The number of rotatable bonds is 4. The molecule has 0 saturated heterocycles. The highest BCUT2D eigenvalue weighted by molar-refractivity contribution is 5.97. The average Bonchev–Trinajstić information content (AvgIpc) is 2.45. The Hall–Kier alpha value is -2.82. The summed E-state index contributed by atoms with van der Waals surface area (Å²) in [6, 6.07) is 9.44. The van der Waals surface area contributed by atoms with Gasteiger partial charge in [0, 0.05) is 5.56 Å². The number of anilines is 1. The third-order valence-electron chi connectivity index (χ3n) is 2.85. The summed E-state index contributed by atoms with van der Waals surface area (Å²) in [6.07, 6.45) is 3.65. The van der Waals surface area contributed by atoms with E-state index in [1.54, 1.807) is 12.1 Å². The Morgan fingerprint density at radius 1 is 1.24 bits per heavy atom. The van der Waals surface area contributed by atoms with Gasteiger partial charge in [-0.2, -0.15) is 0 Å². The van der Waals surface area contributed by atoms with E-state index in [9.17, 15) is 14.3 Å². The first-order valence-electron chi connectivity index (χ1n) is 6.25. The molecule has 0 spiro atoms. The molecule has 0 amide bonds. The van der Waals surface area contributed by atoms with Crippen LogP contribution in [0.1, 0.15) is 22.8 Å². The van der Waals surface area contributed by atoms with Crippen LogP contribution in [-0.2, 0) is 0 Å². The van der Waals surface area contributed by atoms with Crippen LogP contribution >= 0.6 is 0 Å². The first-order chi connectivity index (χ1) is 10.0. The Balaban J connectivity index is 2.50. The van der Waals surface area contributed by atoms with Crippen LogP contribution in [0, 0.1) is 5.82 Å². The number of halogens is 1. The molecular weight excluding hydrogens is 273 g/mol. The number of hydrogen-bond acceptors (Lipinski definition) is 3. The molecule has 0 saturated carbocycles. The van der Waals surface area contributed by atoms with Crippen LogP contribution in [0.25, 0.3) is 6.08 Å². The van der Waals surface area contributed by atoms with E-state index in [-0.39, 0.29) is 11.3 Å². The highest BCUT2D eigenvalue weighted by Crippen LogP contribution is 2.32. The second-order valence-corrected chi connectivity index (χ2v) is 4.28. The molecule has 0 atom stereocenters. The number of nitrogens with two attached hydrogens (primary N) is 1. The monoisotopic (exact) mass is 287 g/mol. The van der Waals surface area contributed by atoms with Crippen LogP contribution in [0.3, 0.4) is 0 Å². The quantitative estimate of drug-likeness (QED) is 0.836. The number of carboxylic acids is 1. The van der Waals surface area contributed by atoms with Crippen LogP contribution in [0.15, 0.2) is 42.5 Å². The molecule has 0 heterocycles. The molecule has 5 heteroatoms. The number of ether oxygens (including phenoxy) is 1. The fourth-order valence-corrected chi connectivity index (χ4v) is 1.89. The molecule has 4 nitrogen and oxygen atoms in total. The molecule has 0 bridgehead atoms. The number of allylic oxidation sites excluding steroid dienone is 1. The molecule has 0 unspecified atom stereocenters. The molecule has 2 rings (SSSR count). The standard InChI is InChI=1S/C16H14FNO3/c1-2-5-10-6-3-4-7-12(10)21-13-9-8-11(17)15(18)14(13)16(19)20/h2-9H,18H2,1H3,(H,19,20)/b5-2+. The fraction of sp³-hybridized carbons (Fsp3) is 0.0625. The lowest BCUT2D eigenvalue weighted by molar-refractivity contribution is 0.0695. The first kappa shape index (κ1) is 14.6. The summed E-state index contributed by atoms with van der Waals surface area (Å²) in [7, 11) is 0. The van der Waals surface area contributed by atoms with Crippen molar-refractivity contribution in [3.8, 4) is 11.5 Å². The Bertz CT molecular complexity index is 711. The number of para-hydroxylation sites is 1. The Morgan fingerprint density at radius 3 is 2.62 bits per heavy atom. The minimum atomic E-state index is -1.34. The van der Waals surface area contributed by atoms with Crippen molar-refractivity contribution in [3.63, 3.8) is 0 Å². The molecule has 21 heavy (non-hydrogen) atoms. The van der Waals surface area contributed by atoms with E-state index >= 15 is 0 Å². The Labute approximate surface area is 121 Å². The van der Waals surface area contributed by atoms with Gasteiger partial charge in [-0.3, -0.25) is 0 Å². The number of carbonyl (C=O) groups is 1. The van der Waals surface area contributed by atoms with Gasteiger partial charge in [-0.25, -0.2) is 9.18 Å². The zero-order chi connectivity index (χ0) is 15.4. The molecular formula is C16H14FNO3. The summed E-state index contributed by atoms with van der Waals surface area (Å²) < 4.78 is 19.0. The van der Waals surface area contributed by atoms with E-state index in [0.717, 1.165) is 11.6 Å². The Morgan fingerprint density at radius 2 is 1.95 bits per heavy atom. The van der Waals surface area contributed by atoms with Crippen LogP contribution < -0.4 is 10.5 Å². The zero-order valence-electron chi connectivity index (χ0n) is 11.3. The van der Waals surface area contributed by atoms with Gasteiger partial charge >= 0.3 is 5.97 Å². The lowest BCUT2D eigenvalue weighted by Gasteiger charge is -2.13. The first-order valence-corrected chi connectivity index (χ1v) is 6.25. The molecule has 0 fully saturated rings. The molecule has 0 aromatic heterocycles. The number of aromatic carboxylic acids is 1. The maximum Gasteiger partial charge on any atom is 0.341 e. The van der Waals surface area contributed by atoms with Gasteiger partial charge in [0.25, 0.3) is 0 Å². The highest BCUT2D eigenvalue weighted by atomic mass is 19.1. The van der Waals surface area contributed by atoms with Crippen molar-refractivity contribution in [2.45, 2.75) is 6.92 Å². The minimum Gasteiger partial charge on any atom is -0.477 e. The van der Waals surface area contributed by atoms with Gasteiger partial charge in [0.2, 0.25) is 0 Å². The SMILES string of the molecule is C/C=C/c1ccccc1Oc1ccc(F)c(N)c1C(=O)O. The zero-order valence-corrected chi connectivity index (χ0v) is 11.3. The summed E-state index contributed by atoms with van der Waals surface area (Å²) in [6.45, 7) is 1.86.